The van der Waals surface area contributed by atoms with Gasteiger partial charge in [0.05, 0.1) is 25.3 Å². The summed E-state index contributed by atoms with van der Waals surface area (Å²) in [5, 5.41) is 10.9. The Labute approximate surface area is 141 Å². The van der Waals surface area contributed by atoms with Crippen LogP contribution < -0.4 is 5.32 Å². The summed E-state index contributed by atoms with van der Waals surface area (Å²) in [6, 6.07) is 0.355. The average Bonchev–Trinajstić information content (AvgIpc) is 3.04. The molecule has 0 aromatic carbocycles. The third-order valence-electron chi connectivity index (χ3n) is 5.12. The molecule has 1 amide bonds. The summed E-state index contributed by atoms with van der Waals surface area (Å²) >= 11 is 0. The van der Waals surface area contributed by atoms with Crippen LogP contribution >= 0.6 is 0 Å². The van der Waals surface area contributed by atoms with Gasteiger partial charge in [-0.2, -0.15) is 0 Å². The lowest BCUT2D eigenvalue weighted by molar-refractivity contribution is -0.133. The van der Waals surface area contributed by atoms with E-state index in [2.05, 4.69) is 20.5 Å². The molecule has 1 aromatic rings. The van der Waals surface area contributed by atoms with Crippen LogP contribution in [0, 0.1) is 11.8 Å². The van der Waals surface area contributed by atoms with Crippen LogP contribution in [-0.2, 0) is 16.1 Å². The maximum atomic E-state index is 12.3. The first kappa shape index (κ1) is 17.0. The maximum Gasteiger partial charge on any atom is 0.224 e. The number of hydrogen-bond acceptors (Lipinski definition) is 6. The number of carbonyl (C=O) groups excluding carboxylic acids is 2. The molecule has 0 radical (unpaired) electrons. The molecule has 132 valence electrons. The first-order valence-electron chi connectivity index (χ1n) is 8.50. The number of aromatic nitrogens is 3. The minimum atomic E-state index is -0.0699. The molecule has 1 aromatic heterocycles. The Hall–Kier alpha value is -1.80. The second-order valence-electron chi connectivity index (χ2n) is 6.71. The van der Waals surface area contributed by atoms with Crippen molar-refractivity contribution >= 4 is 11.7 Å². The minimum absolute atomic E-state index is 0.0652. The fourth-order valence-corrected chi connectivity index (χ4v) is 3.80. The number of nitrogens with one attached hydrogen (secondary N) is 1. The van der Waals surface area contributed by atoms with Gasteiger partial charge in [-0.1, -0.05) is 5.21 Å². The number of piperidine rings is 3. The highest BCUT2D eigenvalue weighted by Gasteiger charge is 2.43. The van der Waals surface area contributed by atoms with E-state index in [0.717, 1.165) is 32.5 Å². The first-order valence-corrected chi connectivity index (χ1v) is 8.50. The summed E-state index contributed by atoms with van der Waals surface area (Å²) in [5.41, 5.74) is 0.404. The van der Waals surface area contributed by atoms with Crippen molar-refractivity contribution in [2.45, 2.75) is 32.4 Å². The number of ketones is 1. The minimum Gasteiger partial charge on any atom is -0.383 e. The summed E-state index contributed by atoms with van der Waals surface area (Å²) in [5.74, 6) is 0.549. The van der Waals surface area contributed by atoms with Gasteiger partial charge in [0, 0.05) is 33.2 Å². The van der Waals surface area contributed by atoms with E-state index in [4.69, 9.17) is 4.74 Å². The molecule has 3 aliphatic heterocycles. The van der Waals surface area contributed by atoms with E-state index in [-0.39, 0.29) is 17.6 Å². The number of carbonyl (C=O) groups is 2. The van der Waals surface area contributed by atoms with Crippen molar-refractivity contribution in [1.29, 1.82) is 0 Å². The van der Waals surface area contributed by atoms with Crippen molar-refractivity contribution in [2.75, 3.05) is 33.4 Å². The number of hydrogen-bond donors (Lipinski definition) is 1. The number of amides is 1. The van der Waals surface area contributed by atoms with Crippen LogP contribution in [0.15, 0.2) is 6.20 Å². The van der Waals surface area contributed by atoms with Crippen LogP contribution in [0.25, 0.3) is 0 Å². The van der Waals surface area contributed by atoms with Gasteiger partial charge in [-0.25, -0.2) is 0 Å². The molecule has 0 saturated carbocycles. The predicted octanol–water partition coefficient (Wildman–Crippen LogP) is -0.0463. The Balaban J connectivity index is 1.56. The Morgan fingerprint density at radius 3 is 2.92 bits per heavy atom. The average molecular weight is 335 g/mol. The van der Waals surface area contributed by atoms with E-state index in [0.29, 0.717) is 30.8 Å². The van der Waals surface area contributed by atoms with Crippen molar-refractivity contribution in [3.05, 3.63) is 11.9 Å². The molecular weight excluding hydrogens is 310 g/mol. The van der Waals surface area contributed by atoms with Crippen LogP contribution in [-0.4, -0.2) is 71.0 Å². The Morgan fingerprint density at radius 1 is 1.46 bits per heavy atom. The molecule has 4 atom stereocenters. The third-order valence-corrected chi connectivity index (χ3v) is 5.12. The lowest BCUT2D eigenvalue weighted by Crippen LogP contribution is -2.58. The second-order valence-corrected chi connectivity index (χ2v) is 6.71. The summed E-state index contributed by atoms with van der Waals surface area (Å²) in [6.07, 6.45) is 3.76. The molecule has 1 N–H and O–H groups in total. The molecule has 8 heteroatoms. The molecule has 3 fully saturated rings. The van der Waals surface area contributed by atoms with Gasteiger partial charge >= 0.3 is 0 Å². The summed E-state index contributed by atoms with van der Waals surface area (Å²) in [6.45, 7) is 5.13. The van der Waals surface area contributed by atoms with Crippen LogP contribution in [0.4, 0.5) is 0 Å². The highest BCUT2D eigenvalue weighted by atomic mass is 16.5. The van der Waals surface area contributed by atoms with E-state index in [1.807, 2.05) is 0 Å². The van der Waals surface area contributed by atoms with Gasteiger partial charge in [0.25, 0.3) is 0 Å². The molecule has 3 aliphatic rings. The van der Waals surface area contributed by atoms with Crippen molar-refractivity contribution < 1.29 is 14.3 Å². The van der Waals surface area contributed by atoms with Crippen LogP contribution in [0.2, 0.25) is 0 Å². The molecular formula is C16H25N5O3. The molecule has 4 heterocycles. The number of rotatable bonds is 7. The van der Waals surface area contributed by atoms with E-state index in [1.54, 1.807) is 18.0 Å². The number of fused-ring (bicyclic) bond motifs is 3. The zero-order chi connectivity index (χ0) is 17.1. The van der Waals surface area contributed by atoms with Gasteiger partial charge in [0.15, 0.2) is 5.78 Å². The fourth-order valence-electron chi connectivity index (χ4n) is 3.80. The quantitative estimate of drug-likeness (QED) is 0.555. The normalized spacial score (nSPS) is 28.8. The van der Waals surface area contributed by atoms with Crippen LogP contribution in [0.5, 0.6) is 0 Å². The van der Waals surface area contributed by atoms with E-state index >= 15 is 0 Å². The zero-order valence-corrected chi connectivity index (χ0v) is 14.3. The monoisotopic (exact) mass is 335 g/mol. The molecule has 8 nitrogen and oxygen atoms in total. The predicted molar refractivity (Wildman–Crippen MR) is 86.5 cm³/mol. The highest BCUT2D eigenvalue weighted by molar-refractivity contribution is 5.91. The number of nitrogens with zero attached hydrogens (tertiary/aromatic N) is 4. The van der Waals surface area contributed by atoms with E-state index < -0.39 is 0 Å². The smallest absolute Gasteiger partial charge is 0.224 e. The van der Waals surface area contributed by atoms with Gasteiger partial charge in [-0.3, -0.25) is 19.2 Å². The molecule has 4 rings (SSSR count). The number of methoxy groups -OCH3 is 1. The first-order chi connectivity index (χ1) is 11.6. The summed E-state index contributed by atoms with van der Waals surface area (Å²) < 4.78 is 6.72. The van der Waals surface area contributed by atoms with Gasteiger partial charge in [0.2, 0.25) is 5.91 Å². The lowest BCUT2D eigenvalue weighted by atomic mass is 9.75. The number of Topliss-reactive ketones (excluding diaryl/α,β-unsaturated/α-hetero) is 1. The molecule has 0 spiro atoms. The topological polar surface area (TPSA) is 89.4 Å². The molecule has 24 heavy (non-hydrogen) atoms. The fraction of sp³-hybridized carbons (Fsp3) is 0.750. The van der Waals surface area contributed by atoms with Gasteiger partial charge in [0.1, 0.15) is 5.69 Å². The maximum absolute atomic E-state index is 12.3. The standard InChI is InChI=1S/C16H25N5O3/c1-11(22)15-10-21(19-18-15)8-13-7-12-3-5-20(13)9-14(12)16(23)17-4-6-24-2/h10,12-14H,3-9H2,1-2H3,(H,17,23)/t12-,13-,14+/m1/s1. The van der Waals surface area contributed by atoms with Crippen molar-refractivity contribution in [3.8, 4) is 0 Å². The van der Waals surface area contributed by atoms with E-state index in [1.165, 1.54) is 6.92 Å². The van der Waals surface area contributed by atoms with Crippen molar-refractivity contribution in [3.63, 3.8) is 0 Å². The number of ether oxygens (including phenoxy) is 1. The molecule has 1 unspecified atom stereocenters. The third kappa shape index (κ3) is 3.64. The Morgan fingerprint density at radius 2 is 2.29 bits per heavy atom. The Bertz CT molecular complexity index is 602. The van der Waals surface area contributed by atoms with Gasteiger partial charge in [-0.15, -0.1) is 5.10 Å². The zero-order valence-electron chi connectivity index (χ0n) is 14.3. The van der Waals surface area contributed by atoms with Crippen LogP contribution in [0.3, 0.4) is 0 Å². The van der Waals surface area contributed by atoms with Crippen molar-refractivity contribution in [2.24, 2.45) is 11.8 Å². The summed E-state index contributed by atoms with van der Waals surface area (Å²) in [4.78, 5) is 26.0. The summed E-state index contributed by atoms with van der Waals surface area (Å²) in [7, 11) is 1.63. The Kier molecular flexibility index (Phi) is 5.25. The molecule has 3 saturated heterocycles. The van der Waals surface area contributed by atoms with Gasteiger partial charge < -0.3 is 10.1 Å². The second kappa shape index (κ2) is 7.40. The van der Waals surface area contributed by atoms with Gasteiger partial charge in [-0.05, 0) is 25.3 Å². The molecule has 0 aliphatic carbocycles. The highest BCUT2D eigenvalue weighted by Crippen LogP contribution is 2.36. The van der Waals surface area contributed by atoms with Crippen molar-refractivity contribution in [1.82, 2.24) is 25.2 Å². The molecule has 2 bridgehead atoms. The van der Waals surface area contributed by atoms with Crippen LogP contribution in [0.1, 0.15) is 30.3 Å². The SMILES string of the molecule is COCCNC(=O)[C@H]1CN2CC[C@@H]1C[C@@H]2Cn1cc(C(C)=O)nn1. The lowest BCUT2D eigenvalue weighted by Gasteiger charge is -2.49. The largest absolute Gasteiger partial charge is 0.383 e. The van der Waals surface area contributed by atoms with E-state index in [9.17, 15) is 9.59 Å².